The molecule has 1 aromatic rings. The van der Waals surface area contributed by atoms with Gasteiger partial charge in [-0.05, 0) is 49.7 Å². The third kappa shape index (κ3) is 17.3. The van der Waals surface area contributed by atoms with Gasteiger partial charge >= 0.3 is 13.8 Å². The summed E-state index contributed by atoms with van der Waals surface area (Å²) in [4.78, 5) is 116. The molecule has 64 heavy (non-hydrogen) atoms. The van der Waals surface area contributed by atoms with E-state index in [1.165, 1.54) is 12.1 Å². The van der Waals surface area contributed by atoms with E-state index in [0.717, 1.165) is 18.9 Å². The van der Waals surface area contributed by atoms with Gasteiger partial charge in [0.15, 0.2) is 0 Å². The average Bonchev–Trinajstić information content (AvgIpc) is 3.65. The lowest BCUT2D eigenvalue weighted by Crippen LogP contribution is -2.62. The molecule has 0 spiro atoms. The number of aliphatic hydroxyl groups excluding tert-OH is 1. The van der Waals surface area contributed by atoms with Crippen molar-refractivity contribution in [2.75, 3.05) is 46.6 Å². The molecule has 1 aromatic carbocycles. The largest absolute Gasteiger partial charge is 0.493 e. The van der Waals surface area contributed by atoms with E-state index in [-0.39, 0.29) is 68.7 Å². The summed E-state index contributed by atoms with van der Waals surface area (Å²) in [6, 6.07) is -3.21. The van der Waals surface area contributed by atoms with E-state index in [9.17, 15) is 53.0 Å². The molecule has 2 heterocycles. The van der Waals surface area contributed by atoms with Crippen LogP contribution in [0.3, 0.4) is 0 Å². The molecule has 1 unspecified atom stereocenters. The Bertz CT molecular complexity index is 1810. The number of hydrogen-bond acceptors (Lipinski definition) is 14. The molecule has 0 radical (unpaired) electrons. The van der Waals surface area contributed by atoms with Gasteiger partial charge in [0.05, 0.1) is 45.7 Å². The minimum Gasteiger partial charge on any atom is -0.493 e. The first kappa shape index (κ1) is 53.5. The molecule has 23 heteroatoms. The average molecular weight is 929 g/mol. The Hall–Kier alpha value is -4.86. The Morgan fingerprint density at radius 3 is 2.09 bits per heavy atom. The van der Waals surface area contributed by atoms with Gasteiger partial charge in [-0.25, -0.2) is 9.36 Å². The first-order chi connectivity index (χ1) is 30.0. The van der Waals surface area contributed by atoms with Crippen molar-refractivity contribution in [3.63, 3.8) is 0 Å². The van der Waals surface area contributed by atoms with Crippen LogP contribution in [0.4, 0.5) is 0 Å². The lowest BCUT2D eigenvalue weighted by molar-refractivity contribution is -0.148. The van der Waals surface area contributed by atoms with Crippen molar-refractivity contribution in [1.82, 2.24) is 31.5 Å². The van der Waals surface area contributed by atoms with Crippen LogP contribution in [-0.2, 0) is 47.3 Å². The van der Waals surface area contributed by atoms with Crippen LogP contribution in [0.5, 0.6) is 11.5 Å². The smallest absolute Gasteiger partial charge is 0.469 e. The molecule has 7 atom stereocenters. The molecule has 2 aliphatic heterocycles. The molecule has 2 saturated heterocycles. The van der Waals surface area contributed by atoms with Crippen molar-refractivity contribution >= 4 is 49.2 Å². The number of nitrogens with one attached hydrogen (secondary N) is 5. The number of nitrogens with zero attached hydrogens (tertiary/aromatic N) is 1. The van der Waals surface area contributed by atoms with Crippen LogP contribution in [0.15, 0.2) is 18.2 Å². The predicted molar refractivity (Wildman–Crippen MR) is 227 cm³/mol. The van der Waals surface area contributed by atoms with Gasteiger partial charge < -0.3 is 65.3 Å². The number of esters is 1. The van der Waals surface area contributed by atoms with E-state index in [4.69, 9.17) is 23.5 Å². The monoisotopic (exact) mass is 928 g/mol. The lowest BCUT2D eigenvalue weighted by Gasteiger charge is -2.32. The number of phosphoric ester groups is 1. The second kappa shape index (κ2) is 25.0. The van der Waals surface area contributed by atoms with Gasteiger partial charge in [-0.1, -0.05) is 41.5 Å². The van der Waals surface area contributed by atoms with E-state index in [1.54, 1.807) is 6.07 Å². The number of phosphoric acid groups is 1. The fourth-order valence-electron chi connectivity index (χ4n) is 6.75. The van der Waals surface area contributed by atoms with Crippen molar-refractivity contribution in [3.8, 4) is 11.5 Å². The molecule has 0 saturated carbocycles. The number of carbonyl (C=O) groups is 7. The topological polar surface area (TPSA) is 307 Å². The summed E-state index contributed by atoms with van der Waals surface area (Å²) in [6.45, 7) is 11.6. The van der Waals surface area contributed by atoms with Crippen molar-refractivity contribution in [1.29, 1.82) is 0 Å². The van der Waals surface area contributed by atoms with Gasteiger partial charge in [0.1, 0.15) is 41.7 Å². The highest BCUT2D eigenvalue weighted by Gasteiger charge is 2.46. The summed E-state index contributed by atoms with van der Waals surface area (Å²) in [7, 11) is -4.17. The lowest BCUT2D eigenvalue weighted by atomic mass is 10.0. The molecule has 2 aliphatic rings. The maximum absolute atomic E-state index is 14.4. The van der Waals surface area contributed by atoms with E-state index < -0.39 is 98.3 Å². The number of aliphatic hydroxyl groups is 1. The predicted octanol–water partition coefficient (Wildman–Crippen LogP) is -0.0857. The first-order valence-corrected chi connectivity index (χ1v) is 22.8. The van der Waals surface area contributed by atoms with Crippen LogP contribution >= 0.6 is 7.82 Å². The fourth-order valence-corrected chi connectivity index (χ4v) is 7.30. The van der Waals surface area contributed by atoms with Crippen molar-refractivity contribution < 1.29 is 76.5 Å². The van der Waals surface area contributed by atoms with Crippen molar-refractivity contribution in [2.45, 2.75) is 117 Å². The fraction of sp³-hybridized carbons (Fsp3) is 0.683. The number of carbonyl (C=O) groups excluding carboxylic acids is 7. The molecule has 6 amide bonds. The minimum absolute atomic E-state index is 0.0445. The van der Waals surface area contributed by atoms with Gasteiger partial charge in [-0.2, -0.15) is 0 Å². The van der Waals surface area contributed by atoms with Gasteiger partial charge in [0.25, 0.3) is 5.91 Å². The van der Waals surface area contributed by atoms with Crippen LogP contribution in [0.1, 0.15) is 84.5 Å². The highest BCUT2D eigenvalue weighted by Crippen LogP contribution is 2.38. The molecule has 0 aromatic heterocycles. The molecule has 3 rings (SSSR count). The molecule has 2 fully saturated rings. The highest BCUT2D eigenvalue weighted by molar-refractivity contribution is 7.46. The number of benzene rings is 1. The normalized spacial score (nSPS) is 22.7. The molecule has 2 bridgehead atoms. The summed E-state index contributed by atoms with van der Waals surface area (Å²) in [6.07, 6.45) is -3.18. The van der Waals surface area contributed by atoms with Gasteiger partial charge in [0.2, 0.25) is 29.5 Å². The summed E-state index contributed by atoms with van der Waals surface area (Å²) in [5, 5.41) is 22.8. The van der Waals surface area contributed by atoms with Crippen molar-refractivity contribution in [3.05, 3.63) is 23.8 Å². The van der Waals surface area contributed by atoms with Crippen LogP contribution in [-0.4, -0.2) is 150 Å². The maximum atomic E-state index is 14.4. The molecule has 360 valence electrons. The molecule has 0 aliphatic carbocycles. The number of fused-ring (bicyclic) bond motifs is 2. The Morgan fingerprint density at radius 2 is 1.55 bits per heavy atom. The minimum atomic E-state index is -5.32. The molecular weight excluding hydrogens is 863 g/mol. The van der Waals surface area contributed by atoms with Crippen LogP contribution in [0.2, 0.25) is 0 Å². The summed E-state index contributed by atoms with van der Waals surface area (Å²) in [5.41, 5.74) is 0.0445. The van der Waals surface area contributed by atoms with Gasteiger partial charge in [-0.3, -0.25) is 33.3 Å². The van der Waals surface area contributed by atoms with Gasteiger partial charge in [-0.15, -0.1) is 0 Å². The van der Waals surface area contributed by atoms with Crippen LogP contribution in [0.25, 0.3) is 0 Å². The summed E-state index contributed by atoms with van der Waals surface area (Å²) in [5.74, 6) is -5.30. The molecule has 8 N–H and O–H groups in total. The third-order valence-corrected chi connectivity index (χ3v) is 10.5. The molecule has 22 nitrogen and oxygen atoms in total. The number of amides is 6. The second-order valence-electron chi connectivity index (χ2n) is 17.0. The van der Waals surface area contributed by atoms with E-state index in [0.29, 0.717) is 24.7 Å². The van der Waals surface area contributed by atoms with Crippen LogP contribution < -0.4 is 36.1 Å². The van der Waals surface area contributed by atoms with E-state index in [1.807, 2.05) is 41.5 Å². The zero-order valence-electron chi connectivity index (χ0n) is 37.6. The van der Waals surface area contributed by atoms with E-state index in [2.05, 4.69) is 26.6 Å². The van der Waals surface area contributed by atoms with Crippen molar-refractivity contribution in [2.24, 2.45) is 17.8 Å². The van der Waals surface area contributed by atoms with Crippen LogP contribution in [0, 0.1) is 17.8 Å². The maximum Gasteiger partial charge on any atom is 0.469 e. The second-order valence-corrected chi connectivity index (χ2v) is 18.2. The van der Waals surface area contributed by atoms with E-state index >= 15 is 0 Å². The number of hydrogen-bond donors (Lipinski definition) is 8. The Labute approximate surface area is 372 Å². The number of methoxy groups -OCH3 is 1. The Kier molecular flexibility index (Phi) is 20.9. The standard InChI is InChI=1S/C41H65N6O16P/c1-22(2)13-31(41(55)59-8)44-39(53)33-17-29-18-47(33)40(54)35(25(7)63-64(56,57)58)46-38(52)32(19-48)45-37(51)30(9-10-34(49)42-11-12-60-29)43-36(50)26-14-27(61-20-23(3)4)16-28(15-26)62-21-24(5)6/h14-16,22-25,29-33,35,48H,9-13,17-21H2,1-8H3,(H,42,49)(H,43,50)(H,44,53)(H,45,51)(H,46,52)(H2,56,57,58)/t25-,29-,30+,31+,32+,33?,35+/m1/s1. The highest BCUT2D eigenvalue weighted by atomic mass is 31.2. The van der Waals surface area contributed by atoms with Gasteiger partial charge in [0, 0.05) is 37.6 Å². The molecular formula is C41H65N6O16P. The zero-order valence-corrected chi connectivity index (χ0v) is 38.5. The summed E-state index contributed by atoms with van der Waals surface area (Å²) < 4.78 is 39.4. The number of ether oxygens (including phenoxy) is 4. The first-order valence-electron chi connectivity index (χ1n) is 21.3. The number of rotatable bonds is 17. The zero-order chi connectivity index (χ0) is 47.9. The Morgan fingerprint density at radius 1 is 0.922 bits per heavy atom. The third-order valence-electron chi connectivity index (χ3n) is 9.88. The SMILES string of the molecule is COC(=O)[C@H](CC(C)C)NC(=O)C1C[C@@H]2CN1C(=O)[C@H]([C@@H](C)OP(=O)(O)O)NC(=O)[C@H](CO)NC(=O)[C@@H](NC(=O)c1cc(OCC(C)C)cc(OCC(C)C)c1)CCC(=O)NCCO2. The Balaban J connectivity index is 2.00. The summed E-state index contributed by atoms with van der Waals surface area (Å²) >= 11 is 0. The quantitative estimate of drug-likeness (QED) is 0.0748.